The molecule has 0 amide bonds. The minimum Gasteiger partial charge on any atom is -0.337 e. The fraction of sp³-hybridized carbons (Fsp3) is 0. The molecule has 61 valence electrons. The average molecular weight is 164 g/mol. The van der Waals surface area contributed by atoms with Crippen LogP contribution in [0.4, 0.5) is 0 Å². The smallest absolute Gasteiger partial charge is 0.243 e. The summed E-state index contributed by atoms with van der Waals surface area (Å²) in [6.45, 7) is 1.32. The molecule has 1 aromatic rings. The summed E-state index contributed by atoms with van der Waals surface area (Å²) in [5.41, 5.74) is 0.781. The number of nitrogens with zero attached hydrogens (tertiary/aromatic N) is 3. The molecule has 0 fully saturated rings. The monoisotopic (exact) mass is 164 g/mol. The summed E-state index contributed by atoms with van der Waals surface area (Å²) in [4.78, 5) is 9.71. The third kappa shape index (κ3) is 2.87. The van der Waals surface area contributed by atoms with Gasteiger partial charge in [-0.15, -0.1) is 0 Å². The van der Waals surface area contributed by atoms with Gasteiger partial charge in [-0.1, -0.05) is 30.3 Å². The van der Waals surface area contributed by atoms with E-state index in [1.807, 2.05) is 18.2 Å². The van der Waals surface area contributed by atoms with Crippen LogP contribution < -0.4 is 0 Å². The molecular weight excluding hydrogens is 158 g/mol. The minimum atomic E-state index is -0.848. The first-order chi connectivity index (χ1) is 5.79. The highest BCUT2D eigenvalue weighted by Gasteiger charge is 1.95. The van der Waals surface area contributed by atoms with E-state index >= 15 is 0 Å². The fourth-order valence-corrected chi connectivity index (χ4v) is 0.674. The van der Waals surface area contributed by atoms with Gasteiger partial charge in [0, 0.05) is 10.7 Å². The zero-order valence-corrected chi connectivity index (χ0v) is 6.12. The molecule has 0 aromatic heterocycles. The van der Waals surface area contributed by atoms with Crippen LogP contribution in [0.2, 0.25) is 0 Å². The molecule has 0 saturated carbocycles. The molecule has 0 unspecified atom stereocenters. The number of nitro groups is 1. The van der Waals surface area contributed by atoms with Crippen LogP contribution in [0.25, 0.3) is 0 Å². The van der Waals surface area contributed by atoms with Crippen molar-refractivity contribution in [1.82, 2.24) is 0 Å². The summed E-state index contributed by atoms with van der Waals surface area (Å²) < 4.78 is 0. The SMILES string of the molecule is O=[N+]([O-])N=N[CH]c1ccccc1. The number of rotatable bonds is 3. The van der Waals surface area contributed by atoms with E-state index in [1.54, 1.807) is 12.1 Å². The van der Waals surface area contributed by atoms with Gasteiger partial charge in [0.1, 0.15) is 0 Å². The van der Waals surface area contributed by atoms with Gasteiger partial charge < -0.3 is 10.1 Å². The van der Waals surface area contributed by atoms with E-state index in [1.165, 1.54) is 6.54 Å². The summed E-state index contributed by atoms with van der Waals surface area (Å²) in [6, 6.07) is 9.03. The van der Waals surface area contributed by atoms with Crippen LogP contribution in [-0.4, -0.2) is 5.03 Å². The topological polar surface area (TPSA) is 67.9 Å². The Morgan fingerprint density at radius 3 is 2.58 bits per heavy atom. The largest absolute Gasteiger partial charge is 0.337 e. The quantitative estimate of drug-likeness (QED) is 0.388. The van der Waals surface area contributed by atoms with Gasteiger partial charge in [-0.2, -0.15) is 0 Å². The van der Waals surface area contributed by atoms with E-state index in [0.29, 0.717) is 0 Å². The molecule has 5 nitrogen and oxygen atoms in total. The third-order valence-electron chi connectivity index (χ3n) is 1.13. The predicted octanol–water partition coefficient (Wildman–Crippen LogP) is 1.84. The second kappa shape index (κ2) is 4.17. The maximum Gasteiger partial charge on any atom is 0.243 e. The van der Waals surface area contributed by atoms with Crippen LogP contribution >= 0.6 is 0 Å². The first kappa shape index (κ1) is 8.32. The summed E-state index contributed by atoms with van der Waals surface area (Å²) in [5, 5.41) is 14.8. The van der Waals surface area contributed by atoms with E-state index in [9.17, 15) is 10.1 Å². The van der Waals surface area contributed by atoms with Crippen molar-refractivity contribution in [2.24, 2.45) is 10.3 Å². The van der Waals surface area contributed by atoms with Gasteiger partial charge in [0.25, 0.3) is 0 Å². The molecule has 0 aliphatic carbocycles. The molecule has 0 N–H and O–H groups in total. The molecule has 0 bridgehead atoms. The average Bonchev–Trinajstić information content (AvgIpc) is 2.05. The van der Waals surface area contributed by atoms with Gasteiger partial charge >= 0.3 is 0 Å². The van der Waals surface area contributed by atoms with E-state index in [-0.39, 0.29) is 0 Å². The second-order valence-corrected chi connectivity index (χ2v) is 1.98. The van der Waals surface area contributed by atoms with Gasteiger partial charge in [0.15, 0.2) is 5.22 Å². The summed E-state index contributed by atoms with van der Waals surface area (Å²) in [6.07, 6.45) is 0. The van der Waals surface area contributed by atoms with E-state index in [2.05, 4.69) is 10.3 Å². The van der Waals surface area contributed by atoms with Gasteiger partial charge in [-0.05, 0) is 0 Å². The second-order valence-electron chi connectivity index (χ2n) is 1.98. The Morgan fingerprint density at radius 2 is 2.00 bits per heavy atom. The highest BCUT2D eigenvalue weighted by molar-refractivity contribution is 5.21. The normalized spacial score (nSPS) is 10.3. The van der Waals surface area contributed by atoms with Crippen molar-refractivity contribution in [3.63, 3.8) is 0 Å². The molecule has 1 aromatic carbocycles. The van der Waals surface area contributed by atoms with Crippen LogP contribution in [0, 0.1) is 16.7 Å². The third-order valence-corrected chi connectivity index (χ3v) is 1.13. The lowest BCUT2D eigenvalue weighted by Gasteiger charge is -1.86. The van der Waals surface area contributed by atoms with Crippen molar-refractivity contribution in [2.75, 3.05) is 0 Å². The van der Waals surface area contributed by atoms with Gasteiger partial charge in [-0.25, -0.2) is 0 Å². The highest BCUT2D eigenvalue weighted by Crippen LogP contribution is 2.02. The molecule has 0 aliphatic rings. The molecule has 5 heteroatoms. The Bertz CT molecular complexity index is 284. The molecule has 1 rings (SSSR count). The molecule has 0 atom stereocenters. The lowest BCUT2D eigenvalue weighted by Crippen LogP contribution is -1.82. The zero-order chi connectivity index (χ0) is 8.81. The maximum atomic E-state index is 9.71. The maximum absolute atomic E-state index is 9.71. The summed E-state index contributed by atoms with van der Waals surface area (Å²) in [5.74, 6) is 0. The molecular formula is C7H6N3O2. The summed E-state index contributed by atoms with van der Waals surface area (Å²) in [7, 11) is 0. The van der Waals surface area contributed by atoms with Crippen LogP contribution in [0.3, 0.4) is 0 Å². The Balaban J connectivity index is 2.49. The standard InChI is InChI=1S/C7H6N3O2/c11-10(12)9-8-6-7-4-2-1-3-5-7/h1-6H. The van der Waals surface area contributed by atoms with Gasteiger partial charge in [-0.3, -0.25) is 0 Å². The first-order valence-corrected chi connectivity index (χ1v) is 3.22. The molecule has 12 heavy (non-hydrogen) atoms. The molecule has 1 radical (unpaired) electrons. The van der Waals surface area contributed by atoms with Gasteiger partial charge in [0.05, 0.1) is 5.03 Å². The van der Waals surface area contributed by atoms with Crippen molar-refractivity contribution in [1.29, 1.82) is 0 Å². The predicted molar refractivity (Wildman–Crippen MR) is 41.7 cm³/mol. The fourth-order valence-electron chi connectivity index (χ4n) is 0.674. The Morgan fingerprint density at radius 1 is 1.33 bits per heavy atom. The van der Waals surface area contributed by atoms with E-state index < -0.39 is 5.03 Å². The lowest BCUT2D eigenvalue weighted by molar-refractivity contribution is -0.494. The molecule has 0 saturated heterocycles. The minimum absolute atomic E-state index is 0.781. The van der Waals surface area contributed by atoms with Crippen molar-refractivity contribution in [2.45, 2.75) is 0 Å². The van der Waals surface area contributed by atoms with Crippen LogP contribution in [0.1, 0.15) is 5.56 Å². The number of hydrogen-bond donors (Lipinski definition) is 0. The molecule has 0 spiro atoms. The van der Waals surface area contributed by atoms with Crippen LogP contribution in [0.15, 0.2) is 40.7 Å². The van der Waals surface area contributed by atoms with Gasteiger partial charge in [0.2, 0.25) is 6.54 Å². The Kier molecular flexibility index (Phi) is 2.89. The zero-order valence-electron chi connectivity index (χ0n) is 6.12. The molecule has 0 aliphatic heterocycles. The van der Waals surface area contributed by atoms with E-state index in [0.717, 1.165) is 5.56 Å². The number of hydrogen-bond acceptors (Lipinski definition) is 3. The Hall–Kier alpha value is -1.78. The lowest BCUT2D eigenvalue weighted by atomic mass is 10.2. The Labute approximate surface area is 68.9 Å². The van der Waals surface area contributed by atoms with Crippen molar-refractivity contribution < 1.29 is 5.03 Å². The first-order valence-electron chi connectivity index (χ1n) is 3.22. The van der Waals surface area contributed by atoms with Crippen molar-refractivity contribution >= 4 is 0 Å². The number of benzene rings is 1. The highest BCUT2D eigenvalue weighted by atomic mass is 16.7. The summed E-state index contributed by atoms with van der Waals surface area (Å²) >= 11 is 0. The van der Waals surface area contributed by atoms with Crippen molar-refractivity contribution in [3.05, 3.63) is 52.6 Å². The van der Waals surface area contributed by atoms with E-state index in [4.69, 9.17) is 0 Å². The van der Waals surface area contributed by atoms with Crippen LogP contribution in [0.5, 0.6) is 0 Å². The molecule has 0 heterocycles. The van der Waals surface area contributed by atoms with Crippen molar-refractivity contribution in [3.8, 4) is 0 Å². The van der Waals surface area contributed by atoms with Crippen LogP contribution in [-0.2, 0) is 0 Å².